The summed E-state index contributed by atoms with van der Waals surface area (Å²) in [5.74, 6) is 0.285. The van der Waals surface area contributed by atoms with E-state index in [2.05, 4.69) is 15.1 Å². The Morgan fingerprint density at radius 1 is 1.35 bits per heavy atom. The summed E-state index contributed by atoms with van der Waals surface area (Å²) in [6.07, 6.45) is 5.50. The van der Waals surface area contributed by atoms with E-state index in [9.17, 15) is 0 Å². The molecule has 0 saturated heterocycles. The van der Waals surface area contributed by atoms with Gasteiger partial charge in [-0.2, -0.15) is 4.98 Å². The van der Waals surface area contributed by atoms with Gasteiger partial charge in [0.1, 0.15) is 0 Å². The number of aryl methyl sites for hydroxylation is 1. The van der Waals surface area contributed by atoms with E-state index in [4.69, 9.17) is 5.73 Å². The van der Waals surface area contributed by atoms with Crippen LogP contribution in [0.5, 0.6) is 0 Å². The summed E-state index contributed by atoms with van der Waals surface area (Å²) in [5.41, 5.74) is 9.59. The van der Waals surface area contributed by atoms with Gasteiger partial charge >= 0.3 is 0 Å². The lowest BCUT2D eigenvalue weighted by atomic mass is 10.1. The van der Waals surface area contributed by atoms with Crippen molar-refractivity contribution in [2.45, 2.75) is 6.92 Å². The summed E-state index contributed by atoms with van der Waals surface area (Å²) in [6.45, 7) is 2.03. The molecular formula is C12H11N5. The maximum atomic E-state index is 5.57. The number of fused-ring (bicyclic) bond motifs is 1. The van der Waals surface area contributed by atoms with Crippen molar-refractivity contribution in [1.82, 2.24) is 19.6 Å². The summed E-state index contributed by atoms with van der Waals surface area (Å²) in [4.78, 5) is 8.24. The molecule has 3 heterocycles. The molecule has 0 amide bonds. The number of rotatable bonds is 1. The minimum Gasteiger partial charge on any atom is -0.366 e. The predicted molar refractivity (Wildman–Crippen MR) is 65.4 cm³/mol. The third-order valence-corrected chi connectivity index (χ3v) is 2.67. The van der Waals surface area contributed by atoms with Crippen LogP contribution in [0.2, 0.25) is 0 Å². The van der Waals surface area contributed by atoms with Crippen LogP contribution in [0, 0.1) is 6.92 Å². The zero-order valence-electron chi connectivity index (χ0n) is 9.33. The van der Waals surface area contributed by atoms with Gasteiger partial charge in [-0.15, -0.1) is 5.10 Å². The van der Waals surface area contributed by atoms with Crippen LogP contribution in [-0.4, -0.2) is 19.6 Å². The molecule has 3 aromatic rings. The number of hydrogen-bond donors (Lipinski definition) is 1. The number of hydrogen-bond acceptors (Lipinski definition) is 4. The van der Waals surface area contributed by atoms with Crippen LogP contribution in [-0.2, 0) is 0 Å². The van der Waals surface area contributed by atoms with Crippen molar-refractivity contribution in [3.05, 3.63) is 42.4 Å². The molecule has 0 aromatic carbocycles. The Balaban J connectivity index is 2.26. The summed E-state index contributed by atoms with van der Waals surface area (Å²) < 4.78 is 1.69. The highest BCUT2D eigenvalue weighted by atomic mass is 15.3. The summed E-state index contributed by atoms with van der Waals surface area (Å²) in [5, 5.41) is 4.10. The molecule has 0 spiro atoms. The van der Waals surface area contributed by atoms with Gasteiger partial charge in [0.2, 0.25) is 5.95 Å². The highest BCUT2D eigenvalue weighted by Crippen LogP contribution is 2.23. The molecule has 3 aromatic heterocycles. The number of aromatic nitrogens is 4. The normalized spacial score (nSPS) is 10.9. The Morgan fingerprint density at radius 3 is 3.00 bits per heavy atom. The van der Waals surface area contributed by atoms with E-state index in [0.717, 1.165) is 22.3 Å². The molecule has 0 aliphatic rings. The van der Waals surface area contributed by atoms with Gasteiger partial charge in [-0.1, -0.05) is 6.07 Å². The van der Waals surface area contributed by atoms with Gasteiger partial charge in [0, 0.05) is 29.7 Å². The molecular weight excluding hydrogens is 214 g/mol. The van der Waals surface area contributed by atoms with Crippen molar-refractivity contribution < 1.29 is 0 Å². The van der Waals surface area contributed by atoms with Crippen molar-refractivity contribution in [1.29, 1.82) is 0 Å². The summed E-state index contributed by atoms with van der Waals surface area (Å²) in [7, 11) is 0. The quantitative estimate of drug-likeness (QED) is 0.684. The van der Waals surface area contributed by atoms with Gasteiger partial charge in [-0.3, -0.25) is 4.98 Å². The first-order valence-corrected chi connectivity index (χ1v) is 5.27. The fourth-order valence-electron chi connectivity index (χ4n) is 1.87. The number of anilines is 1. The Morgan fingerprint density at radius 2 is 2.24 bits per heavy atom. The molecule has 84 valence electrons. The van der Waals surface area contributed by atoms with Gasteiger partial charge in [-0.05, 0) is 24.6 Å². The van der Waals surface area contributed by atoms with Crippen LogP contribution in [0.25, 0.3) is 16.8 Å². The highest BCUT2D eigenvalue weighted by molar-refractivity contribution is 5.67. The van der Waals surface area contributed by atoms with Crippen LogP contribution in [0.1, 0.15) is 5.56 Å². The molecule has 0 aliphatic heterocycles. The van der Waals surface area contributed by atoms with Gasteiger partial charge in [-0.25, -0.2) is 4.52 Å². The lowest BCUT2D eigenvalue weighted by Gasteiger charge is -2.05. The van der Waals surface area contributed by atoms with Crippen LogP contribution in [0.3, 0.4) is 0 Å². The lowest BCUT2D eigenvalue weighted by Crippen LogP contribution is -1.93. The Bertz CT molecular complexity index is 672. The Labute approximate surface area is 97.9 Å². The van der Waals surface area contributed by atoms with Gasteiger partial charge < -0.3 is 5.73 Å². The second-order valence-corrected chi connectivity index (χ2v) is 3.88. The fourth-order valence-corrected chi connectivity index (χ4v) is 1.87. The van der Waals surface area contributed by atoms with E-state index < -0.39 is 0 Å². The van der Waals surface area contributed by atoms with E-state index in [-0.39, 0.29) is 5.95 Å². The maximum absolute atomic E-state index is 5.57. The maximum Gasteiger partial charge on any atom is 0.240 e. The molecule has 5 nitrogen and oxygen atoms in total. The van der Waals surface area contributed by atoms with Gasteiger partial charge in [0.15, 0.2) is 5.65 Å². The molecule has 2 N–H and O–H groups in total. The molecule has 17 heavy (non-hydrogen) atoms. The van der Waals surface area contributed by atoms with Crippen molar-refractivity contribution >= 4 is 11.6 Å². The van der Waals surface area contributed by atoms with E-state index in [1.165, 1.54) is 0 Å². The smallest absolute Gasteiger partial charge is 0.240 e. The molecule has 0 aliphatic carbocycles. The molecule has 3 rings (SSSR count). The van der Waals surface area contributed by atoms with Crippen molar-refractivity contribution in [2.75, 3.05) is 5.73 Å². The zero-order valence-corrected chi connectivity index (χ0v) is 9.33. The van der Waals surface area contributed by atoms with E-state index in [0.29, 0.717) is 0 Å². The molecule has 5 heteroatoms. The average Bonchev–Trinajstić information content (AvgIpc) is 2.68. The number of nitrogen functional groups attached to an aromatic ring is 1. The van der Waals surface area contributed by atoms with Crippen LogP contribution in [0.4, 0.5) is 5.95 Å². The minimum atomic E-state index is 0.285. The van der Waals surface area contributed by atoms with E-state index in [1.54, 1.807) is 10.7 Å². The van der Waals surface area contributed by atoms with Crippen molar-refractivity contribution in [2.24, 2.45) is 0 Å². The van der Waals surface area contributed by atoms with E-state index in [1.807, 2.05) is 37.5 Å². The zero-order chi connectivity index (χ0) is 11.8. The first-order valence-electron chi connectivity index (χ1n) is 5.27. The first kappa shape index (κ1) is 9.77. The molecule has 0 saturated carbocycles. The highest BCUT2D eigenvalue weighted by Gasteiger charge is 2.06. The topological polar surface area (TPSA) is 69.1 Å². The predicted octanol–water partition coefficient (Wildman–Crippen LogP) is 1.68. The third kappa shape index (κ3) is 1.61. The molecule has 0 atom stereocenters. The second kappa shape index (κ2) is 3.55. The number of pyridine rings is 2. The molecule has 0 unspecified atom stereocenters. The SMILES string of the molecule is Cc1cc2nc(N)nn2cc1-c1cccnc1. The van der Waals surface area contributed by atoms with E-state index >= 15 is 0 Å². The monoisotopic (exact) mass is 225 g/mol. The second-order valence-electron chi connectivity index (χ2n) is 3.88. The lowest BCUT2D eigenvalue weighted by molar-refractivity contribution is 0.966. The fraction of sp³-hybridized carbons (Fsp3) is 0.0833. The standard InChI is InChI=1S/C12H11N5/c1-8-5-11-15-12(13)16-17(11)7-10(8)9-3-2-4-14-6-9/h2-7H,1H3,(H2,13,16). The Hall–Kier alpha value is -2.43. The van der Waals surface area contributed by atoms with Gasteiger partial charge in [0.25, 0.3) is 0 Å². The molecule has 0 bridgehead atoms. The van der Waals surface area contributed by atoms with Crippen LogP contribution in [0.15, 0.2) is 36.8 Å². The molecule has 0 radical (unpaired) electrons. The summed E-state index contributed by atoms with van der Waals surface area (Å²) in [6, 6.07) is 5.89. The number of nitrogens with zero attached hydrogens (tertiary/aromatic N) is 4. The van der Waals surface area contributed by atoms with Crippen molar-refractivity contribution in [3.8, 4) is 11.1 Å². The Kier molecular flexibility index (Phi) is 2.04. The molecule has 0 fully saturated rings. The average molecular weight is 225 g/mol. The largest absolute Gasteiger partial charge is 0.366 e. The summed E-state index contributed by atoms with van der Waals surface area (Å²) >= 11 is 0. The first-order chi connectivity index (χ1) is 8.24. The van der Waals surface area contributed by atoms with Crippen molar-refractivity contribution in [3.63, 3.8) is 0 Å². The third-order valence-electron chi connectivity index (χ3n) is 2.67. The minimum absolute atomic E-state index is 0.285. The van der Waals surface area contributed by atoms with Gasteiger partial charge in [0.05, 0.1) is 0 Å². The number of nitrogens with two attached hydrogens (primary N) is 1. The van der Waals surface area contributed by atoms with Crippen LogP contribution < -0.4 is 5.73 Å². The van der Waals surface area contributed by atoms with Crippen LogP contribution >= 0.6 is 0 Å².